The maximum atomic E-state index is 12.3. The van der Waals surface area contributed by atoms with Gasteiger partial charge in [0.2, 0.25) is 0 Å². The molecule has 1 saturated carbocycles. The van der Waals surface area contributed by atoms with Gasteiger partial charge in [-0.3, -0.25) is 4.79 Å². The molecule has 0 spiro atoms. The van der Waals surface area contributed by atoms with E-state index in [-0.39, 0.29) is 24.4 Å². The fourth-order valence-corrected chi connectivity index (χ4v) is 2.89. The summed E-state index contributed by atoms with van der Waals surface area (Å²) < 4.78 is 5.37. The van der Waals surface area contributed by atoms with Gasteiger partial charge in [0.15, 0.2) is 0 Å². The number of ether oxygens (including phenoxy) is 1. The first-order valence-electron chi connectivity index (χ1n) is 7.61. The lowest BCUT2D eigenvalue weighted by Gasteiger charge is -2.11. The molecule has 0 radical (unpaired) electrons. The average Bonchev–Trinajstić information content (AvgIpc) is 3.34. The molecule has 23 heavy (non-hydrogen) atoms. The fraction of sp³-hybridized carbons (Fsp3) is 0.263. The molecule has 1 fully saturated rings. The smallest absolute Gasteiger partial charge is 0.338 e. The van der Waals surface area contributed by atoms with Crippen molar-refractivity contribution < 1.29 is 19.4 Å². The third-order valence-electron chi connectivity index (χ3n) is 4.32. The molecule has 3 rings (SSSR count). The van der Waals surface area contributed by atoms with E-state index in [4.69, 9.17) is 9.84 Å². The van der Waals surface area contributed by atoms with Crippen LogP contribution in [0.5, 0.6) is 0 Å². The molecule has 0 bridgehead atoms. The second-order valence-corrected chi connectivity index (χ2v) is 5.87. The number of hydrogen-bond donors (Lipinski definition) is 1. The predicted octanol–water partition coefficient (Wildman–Crippen LogP) is 3.54. The monoisotopic (exact) mass is 310 g/mol. The molecule has 1 aliphatic carbocycles. The zero-order valence-electron chi connectivity index (χ0n) is 12.9. The van der Waals surface area contributed by atoms with E-state index in [0.717, 1.165) is 16.7 Å². The van der Waals surface area contributed by atoms with E-state index >= 15 is 0 Å². The van der Waals surface area contributed by atoms with E-state index in [0.29, 0.717) is 12.0 Å². The number of rotatable bonds is 5. The van der Waals surface area contributed by atoms with Crippen molar-refractivity contribution in [2.45, 2.75) is 25.9 Å². The summed E-state index contributed by atoms with van der Waals surface area (Å²) >= 11 is 0. The van der Waals surface area contributed by atoms with Crippen LogP contribution in [0.1, 0.15) is 39.4 Å². The van der Waals surface area contributed by atoms with Gasteiger partial charge in [0.25, 0.3) is 0 Å². The van der Waals surface area contributed by atoms with E-state index in [1.165, 1.54) is 0 Å². The van der Waals surface area contributed by atoms with Crippen molar-refractivity contribution in [3.63, 3.8) is 0 Å². The number of carbonyl (C=O) groups excluding carboxylic acids is 1. The first-order valence-corrected chi connectivity index (χ1v) is 7.61. The van der Waals surface area contributed by atoms with Crippen molar-refractivity contribution in [1.82, 2.24) is 0 Å². The molecule has 4 heteroatoms. The average molecular weight is 310 g/mol. The highest BCUT2D eigenvalue weighted by Crippen LogP contribution is 2.48. The third kappa shape index (κ3) is 3.26. The van der Waals surface area contributed by atoms with Crippen LogP contribution in [0.15, 0.2) is 48.5 Å². The molecule has 0 aliphatic heterocycles. The van der Waals surface area contributed by atoms with Gasteiger partial charge in [-0.25, -0.2) is 4.79 Å². The summed E-state index contributed by atoms with van der Waals surface area (Å²) in [5, 5.41) is 9.07. The number of benzene rings is 2. The lowest BCUT2D eigenvalue weighted by molar-refractivity contribution is -0.138. The number of carboxylic acid groups (broad SMARTS) is 1. The van der Waals surface area contributed by atoms with Crippen LogP contribution in [-0.4, -0.2) is 17.0 Å². The highest BCUT2D eigenvalue weighted by atomic mass is 16.5. The normalized spacial score (nSPS) is 19.2. The molecule has 2 aromatic rings. The van der Waals surface area contributed by atoms with Crippen LogP contribution in [0.4, 0.5) is 0 Å². The summed E-state index contributed by atoms with van der Waals surface area (Å²) in [7, 11) is 0. The Morgan fingerprint density at radius 3 is 2.52 bits per heavy atom. The highest BCUT2D eigenvalue weighted by molar-refractivity contribution is 5.91. The van der Waals surface area contributed by atoms with Gasteiger partial charge in [-0.1, -0.05) is 42.5 Å². The summed E-state index contributed by atoms with van der Waals surface area (Å²) in [6, 6.07) is 14.9. The maximum absolute atomic E-state index is 12.3. The van der Waals surface area contributed by atoms with Crippen LogP contribution < -0.4 is 0 Å². The molecule has 0 amide bonds. The van der Waals surface area contributed by atoms with Crippen LogP contribution in [0.2, 0.25) is 0 Å². The number of carboxylic acids is 1. The Balaban J connectivity index is 1.73. The van der Waals surface area contributed by atoms with E-state index in [9.17, 15) is 9.59 Å². The molecular formula is C19H18O4. The molecule has 0 unspecified atom stereocenters. The number of carbonyl (C=O) groups is 2. The number of hydrogen-bond acceptors (Lipinski definition) is 3. The third-order valence-corrected chi connectivity index (χ3v) is 4.32. The summed E-state index contributed by atoms with van der Waals surface area (Å²) in [5.74, 6) is -1.47. The molecule has 118 valence electrons. The zero-order valence-corrected chi connectivity index (χ0v) is 12.9. The Bertz CT molecular complexity index is 736. The van der Waals surface area contributed by atoms with Gasteiger partial charge in [-0.05, 0) is 42.0 Å². The Morgan fingerprint density at radius 1 is 1.13 bits per heavy atom. The van der Waals surface area contributed by atoms with Gasteiger partial charge in [0, 0.05) is 0 Å². The largest absolute Gasteiger partial charge is 0.481 e. The quantitative estimate of drug-likeness (QED) is 0.858. The van der Waals surface area contributed by atoms with Crippen molar-refractivity contribution in [2.75, 3.05) is 0 Å². The molecule has 0 saturated heterocycles. The van der Waals surface area contributed by atoms with Gasteiger partial charge in [0.1, 0.15) is 6.61 Å². The zero-order chi connectivity index (χ0) is 16.4. The molecule has 4 nitrogen and oxygen atoms in total. The van der Waals surface area contributed by atoms with Crippen LogP contribution in [0.3, 0.4) is 0 Å². The predicted molar refractivity (Wildman–Crippen MR) is 85.2 cm³/mol. The summed E-state index contributed by atoms with van der Waals surface area (Å²) in [5.41, 5.74) is 3.20. The van der Waals surface area contributed by atoms with Crippen LogP contribution in [0.25, 0.3) is 0 Å². The topological polar surface area (TPSA) is 63.6 Å². The standard InChI is InChI=1S/C19H18O4/c1-12-14(16-10-17(16)18(20)21)8-5-9-15(12)19(22)23-11-13-6-3-2-4-7-13/h2-9,16-17H,10-11H2,1H3,(H,20,21)/t16-,17+/m0/s1. The van der Waals surface area contributed by atoms with E-state index in [1.807, 2.05) is 43.3 Å². The second kappa shape index (κ2) is 6.24. The second-order valence-electron chi connectivity index (χ2n) is 5.87. The lowest BCUT2D eigenvalue weighted by atomic mass is 9.98. The Labute approximate surface area is 134 Å². The summed E-state index contributed by atoms with van der Waals surface area (Å²) in [6.07, 6.45) is 0.638. The molecule has 2 atom stereocenters. The van der Waals surface area contributed by atoms with Crippen molar-refractivity contribution in [1.29, 1.82) is 0 Å². The van der Waals surface area contributed by atoms with Gasteiger partial charge in [0.05, 0.1) is 11.5 Å². The molecular weight excluding hydrogens is 292 g/mol. The van der Waals surface area contributed by atoms with E-state index in [1.54, 1.807) is 12.1 Å². The Morgan fingerprint density at radius 2 is 1.87 bits per heavy atom. The minimum absolute atomic E-state index is 0.00868. The SMILES string of the molecule is Cc1c(C(=O)OCc2ccccc2)cccc1[C@@H]1C[C@H]1C(=O)O. The van der Waals surface area contributed by atoms with Crippen molar-refractivity contribution in [3.8, 4) is 0 Å². The Hall–Kier alpha value is -2.62. The number of esters is 1. The Kier molecular flexibility index (Phi) is 4.15. The van der Waals surface area contributed by atoms with Gasteiger partial charge < -0.3 is 9.84 Å². The minimum atomic E-state index is -0.772. The maximum Gasteiger partial charge on any atom is 0.338 e. The van der Waals surface area contributed by atoms with Gasteiger partial charge in [-0.2, -0.15) is 0 Å². The fourth-order valence-electron chi connectivity index (χ4n) is 2.89. The minimum Gasteiger partial charge on any atom is -0.481 e. The lowest BCUT2D eigenvalue weighted by Crippen LogP contribution is -2.09. The van der Waals surface area contributed by atoms with Crippen LogP contribution in [0, 0.1) is 12.8 Å². The summed E-state index contributed by atoms with van der Waals surface area (Å²) in [6.45, 7) is 2.08. The van der Waals surface area contributed by atoms with Crippen molar-refractivity contribution >= 4 is 11.9 Å². The van der Waals surface area contributed by atoms with Crippen molar-refractivity contribution in [2.24, 2.45) is 5.92 Å². The number of aliphatic carboxylic acids is 1. The first kappa shape index (κ1) is 15.3. The molecule has 1 aliphatic rings. The molecule has 2 aromatic carbocycles. The van der Waals surface area contributed by atoms with E-state index in [2.05, 4.69) is 0 Å². The molecule has 0 aromatic heterocycles. The first-order chi connectivity index (χ1) is 11.1. The van der Waals surface area contributed by atoms with Crippen LogP contribution in [-0.2, 0) is 16.1 Å². The molecule has 0 heterocycles. The highest BCUT2D eigenvalue weighted by Gasteiger charge is 2.45. The van der Waals surface area contributed by atoms with Gasteiger partial charge >= 0.3 is 11.9 Å². The van der Waals surface area contributed by atoms with Crippen LogP contribution >= 0.6 is 0 Å². The van der Waals surface area contributed by atoms with Crippen molar-refractivity contribution in [3.05, 3.63) is 70.8 Å². The summed E-state index contributed by atoms with van der Waals surface area (Å²) in [4.78, 5) is 23.4. The molecule has 1 N–H and O–H groups in total. The van der Waals surface area contributed by atoms with E-state index < -0.39 is 5.97 Å². The van der Waals surface area contributed by atoms with Gasteiger partial charge in [-0.15, -0.1) is 0 Å².